The fourth-order valence-corrected chi connectivity index (χ4v) is 3.32. The van der Waals surface area contributed by atoms with E-state index in [1.54, 1.807) is 6.20 Å². The molecule has 1 aromatic carbocycles. The largest absolute Gasteiger partial charge is 0.375 e. The van der Waals surface area contributed by atoms with Gasteiger partial charge in [-0.3, -0.25) is 0 Å². The molecule has 0 spiro atoms. The summed E-state index contributed by atoms with van der Waals surface area (Å²) in [5.41, 5.74) is 6.57. The van der Waals surface area contributed by atoms with Crippen molar-refractivity contribution in [3.05, 3.63) is 44.9 Å². The van der Waals surface area contributed by atoms with E-state index in [1.807, 2.05) is 18.2 Å². The number of anilines is 1. The molecule has 1 atom stereocenters. The van der Waals surface area contributed by atoms with Gasteiger partial charge in [-0.05, 0) is 23.6 Å². The molecule has 3 nitrogen and oxygen atoms in total. The summed E-state index contributed by atoms with van der Waals surface area (Å²) in [6.07, 6.45) is 1.79. The lowest BCUT2D eigenvalue weighted by molar-refractivity contribution is 0.619. The number of hydrogen-bond donors (Lipinski definition) is 2. The highest BCUT2D eigenvalue weighted by molar-refractivity contribution is 7.15. The minimum atomic E-state index is 0.242. The average Bonchev–Trinajstić information content (AvgIpc) is 2.75. The number of nitrogen functional groups attached to an aromatic ring is 1. The van der Waals surface area contributed by atoms with E-state index in [9.17, 15) is 0 Å². The van der Waals surface area contributed by atoms with Crippen molar-refractivity contribution in [2.45, 2.75) is 19.4 Å². The average molecular weight is 316 g/mol. The van der Waals surface area contributed by atoms with Crippen molar-refractivity contribution in [2.75, 3.05) is 12.3 Å². The summed E-state index contributed by atoms with van der Waals surface area (Å²) in [7, 11) is 0. The van der Waals surface area contributed by atoms with Gasteiger partial charge < -0.3 is 11.1 Å². The number of aromatic nitrogens is 1. The summed E-state index contributed by atoms with van der Waals surface area (Å²) in [4.78, 5) is 5.14. The molecule has 6 heteroatoms. The Kier molecular flexibility index (Phi) is 5.05. The van der Waals surface area contributed by atoms with Gasteiger partial charge in [-0.1, -0.05) is 36.2 Å². The molecule has 0 saturated carbocycles. The SMILES string of the molecule is CC(CNCc1cnc(N)s1)c1c(Cl)cccc1Cl. The van der Waals surface area contributed by atoms with Crippen LogP contribution in [0.3, 0.4) is 0 Å². The Morgan fingerprint density at radius 1 is 1.37 bits per heavy atom. The van der Waals surface area contributed by atoms with Crippen molar-refractivity contribution in [3.63, 3.8) is 0 Å². The van der Waals surface area contributed by atoms with Gasteiger partial charge in [0.25, 0.3) is 0 Å². The number of thiazole rings is 1. The van der Waals surface area contributed by atoms with Gasteiger partial charge in [-0.25, -0.2) is 4.98 Å². The lowest BCUT2D eigenvalue weighted by Crippen LogP contribution is -2.19. The quantitative estimate of drug-likeness (QED) is 0.879. The molecule has 102 valence electrons. The number of nitrogens with two attached hydrogens (primary N) is 1. The molecule has 0 amide bonds. The Hall–Kier alpha value is -0.810. The van der Waals surface area contributed by atoms with Crippen molar-refractivity contribution in [1.29, 1.82) is 0 Å². The van der Waals surface area contributed by atoms with Gasteiger partial charge >= 0.3 is 0 Å². The molecule has 1 aromatic heterocycles. The second-order valence-corrected chi connectivity index (χ2v) is 6.29. The number of nitrogens with zero attached hydrogens (tertiary/aromatic N) is 1. The summed E-state index contributed by atoms with van der Waals surface area (Å²) >= 11 is 13.9. The van der Waals surface area contributed by atoms with Crippen LogP contribution in [0.2, 0.25) is 10.0 Å². The fourth-order valence-electron chi connectivity index (χ4n) is 1.90. The van der Waals surface area contributed by atoms with E-state index < -0.39 is 0 Å². The summed E-state index contributed by atoms with van der Waals surface area (Å²) in [5, 5.41) is 5.39. The fraction of sp³-hybridized carbons (Fsp3) is 0.308. The van der Waals surface area contributed by atoms with E-state index in [4.69, 9.17) is 28.9 Å². The highest BCUT2D eigenvalue weighted by atomic mass is 35.5. The Morgan fingerprint density at radius 3 is 2.63 bits per heavy atom. The second kappa shape index (κ2) is 6.57. The van der Waals surface area contributed by atoms with E-state index in [1.165, 1.54) is 11.3 Å². The van der Waals surface area contributed by atoms with Gasteiger partial charge in [-0.15, -0.1) is 11.3 Å². The molecule has 3 N–H and O–H groups in total. The van der Waals surface area contributed by atoms with Crippen molar-refractivity contribution >= 4 is 39.7 Å². The smallest absolute Gasteiger partial charge is 0.180 e. The van der Waals surface area contributed by atoms with Crippen LogP contribution in [-0.2, 0) is 6.54 Å². The monoisotopic (exact) mass is 315 g/mol. The maximum Gasteiger partial charge on any atom is 0.180 e. The van der Waals surface area contributed by atoms with Crippen LogP contribution in [0.1, 0.15) is 23.3 Å². The Balaban J connectivity index is 1.92. The number of nitrogens with one attached hydrogen (secondary N) is 1. The molecule has 0 aliphatic carbocycles. The first-order chi connectivity index (χ1) is 9.08. The molecule has 0 aliphatic heterocycles. The second-order valence-electron chi connectivity index (χ2n) is 4.33. The lowest BCUT2D eigenvalue weighted by Gasteiger charge is -2.15. The molecule has 2 aromatic rings. The lowest BCUT2D eigenvalue weighted by atomic mass is 10.0. The van der Waals surface area contributed by atoms with Crippen LogP contribution in [-0.4, -0.2) is 11.5 Å². The van der Waals surface area contributed by atoms with Gasteiger partial charge in [-0.2, -0.15) is 0 Å². The summed E-state index contributed by atoms with van der Waals surface area (Å²) < 4.78 is 0. The minimum absolute atomic E-state index is 0.242. The molecule has 0 saturated heterocycles. The van der Waals surface area contributed by atoms with Crippen LogP contribution in [0, 0.1) is 0 Å². The highest BCUT2D eigenvalue weighted by Crippen LogP contribution is 2.31. The van der Waals surface area contributed by atoms with E-state index in [2.05, 4.69) is 17.2 Å². The van der Waals surface area contributed by atoms with Crippen LogP contribution in [0.5, 0.6) is 0 Å². The van der Waals surface area contributed by atoms with Crippen molar-refractivity contribution in [1.82, 2.24) is 10.3 Å². The number of hydrogen-bond acceptors (Lipinski definition) is 4. The third-order valence-corrected chi connectivity index (χ3v) is 4.30. The standard InChI is InChI=1S/C13H15Cl2N3S/c1-8(12-10(14)3-2-4-11(12)15)5-17-6-9-7-18-13(16)19-9/h2-4,7-8,17H,5-6H2,1H3,(H2,16,18). The molecule has 1 heterocycles. The van der Waals surface area contributed by atoms with Crippen LogP contribution < -0.4 is 11.1 Å². The molecule has 1 unspecified atom stereocenters. The normalized spacial score (nSPS) is 12.6. The molecule has 2 rings (SSSR count). The Bertz CT molecular complexity index is 536. The van der Waals surface area contributed by atoms with Crippen molar-refractivity contribution < 1.29 is 0 Å². The number of benzene rings is 1. The predicted molar refractivity (Wildman–Crippen MR) is 83.1 cm³/mol. The molecule has 0 aliphatic rings. The molecule has 0 fully saturated rings. The zero-order valence-corrected chi connectivity index (χ0v) is 12.8. The highest BCUT2D eigenvalue weighted by Gasteiger charge is 2.13. The van der Waals surface area contributed by atoms with Crippen LogP contribution in [0.25, 0.3) is 0 Å². The van der Waals surface area contributed by atoms with Gasteiger partial charge in [0.15, 0.2) is 5.13 Å². The molecule has 0 radical (unpaired) electrons. The van der Waals surface area contributed by atoms with E-state index in [0.717, 1.165) is 23.5 Å². The first kappa shape index (κ1) is 14.6. The number of halogens is 2. The van der Waals surface area contributed by atoms with Crippen molar-refractivity contribution in [3.8, 4) is 0 Å². The number of rotatable bonds is 5. The maximum absolute atomic E-state index is 6.19. The summed E-state index contributed by atoms with van der Waals surface area (Å²) in [6, 6.07) is 5.58. The van der Waals surface area contributed by atoms with E-state index in [-0.39, 0.29) is 5.92 Å². The Labute approximate surface area is 126 Å². The minimum Gasteiger partial charge on any atom is -0.375 e. The van der Waals surface area contributed by atoms with Gasteiger partial charge in [0, 0.05) is 34.2 Å². The first-order valence-electron chi connectivity index (χ1n) is 5.92. The zero-order valence-electron chi connectivity index (χ0n) is 10.5. The zero-order chi connectivity index (χ0) is 13.8. The summed E-state index contributed by atoms with van der Waals surface area (Å²) in [5.74, 6) is 0.242. The molecular formula is C13H15Cl2N3S. The summed E-state index contributed by atoms with van der Waals surface area (Å²) in [6.45, 7) is 3.64. The van der Waals surface area contributed by atoms with Crippen LogP contribution in [0.4, 0.5) is 5.13 Å². The van der Waals surface area contributed by atoms with Gasteiger partial charge in [0.2, 0.25) is 0 Å². The van der Waals surface area contributed by atoms with Gasteiger partial charge in [0.05, 0.1) is 0 Å². The maximum atomic E-state index is 6.19. The predicted octanol–water partition coefficient (Wildman–Crippen LogP) is 3.93. The van der Waals surface area contributed by atoms with E-state index in [0.29, 0.717) is 15.2 Å². The topological polar surface area (TPSA) is 50.9 Å². The van der Waals surface area contributed by atoms with Crippen molar-refractivity contribution in [2.24, 2.45) is 0 Å². The molecule has 19 heavy (non-hydrogen) atoms. The third-order valence-electron chi connectivity index (χ3n) is 2.81. The third kappa shape index (κ3) is 3.83. The van der Waals surface area contributed by atoms with Crippen LogP contribution >= 0.6 is 34.5 Å². The van der Waals surface area contributed by atoms with E-state index >= 15 is 0 Å². The van der Waals surface area contributed by atoms with Crippen LogP contribution in [0.15, 0.2) is 24.4 Å². The molecule has 0 bridgehead atoms. The first-order valence-corrected chi connectivity index (χ1v) is 7.50. The van der Waals surface area contributed by atoms with Gasteiger partial charge in [0.1, 0.15) is 0 Å². The Morgan fingerprint density at radius 2 is 2.05 bits per heavy atom. The molecular weight excluding hydrogens is 301 g/mol.